The monoisotopic (exact) mass is 458 g/mol. The van der Waals surface area contributed by atoms with E-state index in [1.807, 2.05) is 0 Å². The van der Waals surface area contributed by atoms with Crippen LogP contribution in [-0.2, 0) is 9.53 Å². The van der Waals surface area contributed by atoms with Gasteiger partial charge in [-0.25, -0.2) is 4.79 Å². The molecular formula is C23H20Cl2N2O4. The summed E-state index contributed by atoms with van der Waals surface area (Å²) in [7, 11) is 0. The molecule has 0 spiro atoms. The third-order valence-corrected chi connectivity index (χ3v) is 5.02. The summed E-state index contributed by atoms with van der Waals surface area (Å²) >= 11 is 12.0. The topological polar surface area (TPSA) is 75.7 Å². The van der Waals surface area contributed by atoms with E-state index in [-0.39, 0.29) is 35.4 Å². The summed E-state index contributed by atoms with van der Waals surface area (Å²) in [5.41, 5.74) is 1.43. The van der Waals surface area contributed by atoms with Crippen LogP contribution in [0, 0.1) is 0 Å². The number of benzene rings is 2. The van der Waals surface area contributed by atoms with Gasteiger partial charge in [-0.3, -0.25) is 9.59 Å². The number of esters is 1. The zero-order chi connectivity index (χ0) is 22.4. The number of anilines is 1. The fourth-order valence-electron chi connectivity index (χ4n) is 3.01. The van der Waals surface area contributed by atoms with Crippen molar-refractivity contribution in [2.24, 2.45) is 0 Å². The molecule has 2 aromatic rings. The van der Waals surface area contributed by atoms with Gasteiger partial charge in [-0.05, 0) is 43.7 Å². The Morgan fingerprint density at radius 3 is 2.61 bits per heavy atom. The van der Waals surface area contributed by atoms with Crippen molar-refractivity contribution < 1.29 is 19.1 Å². The van der Waals surface area contributed by atoms with E-state index >= 15 is 0 Å². The van der Waals surface area contributed by atoms with Crippen molar-refractivity contribution in [3.05, 3.63) is 87.7 Å². The van der Waals surface area contributed by atoms with Crippen molar-refractivity contribution >= 4 is 46.5 Å². The van der Waals surface area contributed by atoms with E-state index in [1.165, 1.54) is 6.07 Å². The van der Waals surface area contributed by atoms with Crippen LogP contribution in [0.1, 0.15) is 34.1 Å². The first-order valence-electron chi connectivity index (χ1n) is 9.58. The third kappa shape index (κ3) is 5.75. The molecule has 0 radical (unpaired) electrons. The second-order valence-corrected chi connectivity index (χ2v) is 7.53. The Balaban J connectivity index is 1.72. The number of hydrogen-bond acceptors (Lipinski definition) is 5. The molecule has 0 unspecified atom stereocenters. The Kier molecular flexibility index (Phi) is 7.50. The Morgan fingerprint density at radius 2 is 1.87 bits per heavy atom. The van der Waals surface area contributed by atoms with E-state index in [1.54, 1.807) is 66.7 Å². The zero-order valence-corrected chi connectivity index (χ0v) is 18.2. The number of carbonyl (C=O) groups is 3. The third-order valence-electron chi connectivity index (χ3n) is 4.48. The smallest absolute Gasteiger partial charge is 0.340 e. The van der Waals surface area contributed by atoms with E-state index < -0.39 is 5.97 Å². The van der Waals surface area contributed by atoms with Crippen LogP contribution in [-0.4, -0.2) is 35.7 Å². The number of Topliss-reactive ketones (excluding diaryl/α,β-unsaturated/α-hetero) is 1. The number of amides is 1. The number of ketones is 1. The second-order valence-electron chi connectivity index (χ2n) is 6.68. The molecule has 0 atom stereocenters. The lowest BCUT2D eigenvalue weighted by atomic mass is 10.1. The average Bonchev–Trinajstić information content (AvgIpc) is 2.74. The van der Waals surface area contributed by atoms with Crippen LogP contribution in [0.5, 0.6) is 0 Å². The van der Waals surface area contributed by atoms with Crippen molar-refractivity contribution in [2.45, 2.75) is 13.3 Å². The number of rotatable bonds is 7. The van der Waals surface area contributed by atoms with Gasteiger partial charge in [0.2, 0.25) is 0 Å². The molecule has 0 saturated carbocycles. The molecule has 3 rings (SSSR count). The van der Waals surface area contributed by atoms with Crippen LogP contribution in [0.15, 0.2) is 66.5 Å². The Bertz CT molecular complexity index is 1080. The number of carbonyl (C=O) groups excluding carboxylic acids is 3. The van der Waals surface area contributed by atoms with Gasteiger partial charge >= 0.3 is 5.97 Å². The van der Waals surface area contributed by atoms with E-state index in [0.29, 0.717) is 28.3 Å². The predicted molar refractivity (Wildman–Crippen MR) is 120 cm³/mol. The first-order valence-corrected chi connectivity index (χ1v) is 10.3. The van der Waals surface area contributed by atoms with Crippen LogP contribution in [0.4, 0.5) is 5.69 Å². The van der Waals surface area contributed by atoms with Gasteiger partial charge < -0.3 is 15.0 Å². The second kappa shape index (κ2) is 10.3. The minimum atomic E-state index is -0.511. The highest BCUT2D eigenvalue weighted by Gasteiger charge is 2.19. The number of allylic oxidation sites excluding steroid dienone is 1. The van der Waals surface area contributed by atoms with E-state index in [2.05, 4.69) is 5.32 Å². The van der Waals surface area contributed by atoms with Gasteiger partial charge in [-0.15, -0.1) is 0 Å². The molecule has 1 aliphatic heterocycles. The summed E-state index contributed by atoms with van der Waals surface area (Å²) in [5, 5.41) is 3.47. The van der Waals surface area contributed by atoms with Crippen LogP contribution >= 0.6 is 23.2 Å². The van der Waals surface area contributed by atoms with Crippen molar-refractivity contribution in [1.82, 2.24) is 4.90 Å². The fourth-order valence-corrected chi connectivity index (χ4v) is 3.52. The van der Waals surface area contributed by atoms with Crippen molar-refractivity contribution in [3.63, 3.8) is 0 Å². The average molecular weight is 459 g/mol. The maximum Gasteiger partial charge on any atom is 0.340 e. The summed E-state index contributed by atoms with van der Waals surface area (Å²) in [6.45, 7) is 1.96. The SMILES string of the molecule is CCOC(=O)c1ccccc1NC(=O)C1=CN(CC(=O)c2ccc(Cl)cc2Cl)C=CC1. The molecule has 31 heavy (non-hydrogen) atoms. The number of nitrogens with one attached hydrogen (secondary N) is 1. The van der Waals surface area contributed by atoms with Gasteiger partial charge in [0.15, 0.2) is 5.78 Å². The van der Waals surface area contributed by atoms with Gasteiger partial charge in [0.25, 0.3) is 5.91 Å². The number of halogens is 2. The molecule has 1 N–H and O–H groups in total. The maximum absolute atomic E-state index is 12.8. The van der Waals surface area contributed by atoms with Crippen LogP contribution < -0.4 is 5.32 Å². The van der Waals surface area contributed by atoms with Gasteiger partial charge in [-0.1, -0.05) is 41.4 Å². The van der Waals surface area contributed by atoms with Crippen LogP contribution in [0.2, 0.25) is 10.0 Å². The maximum atomic E-state index is 12.8. The molecular weight excluding hydrogens is 439 g/mol. The summed E-state index contributed by atoms with van der Waals surface area (Å²) in [6, 6.07) is 11.3. The van der Waals surface area contributed by atoms with E-state index in [4.69, 9.17) is 27.9 Å². The molecule has 1 heterocycles. The molecule has 0 aliphatic carbocycles. The standard InChI is InChI=1S/C23H20Cl2N2O4/c1-2-31-23(30)18-7-3-4-8-20(18)26-22(29)15-6-5-11-27(13-15)14-21(28)17-10-9-16(24)12-19(17)25/h3-5,7-13H,2,6,14H2,1H3,(H,26,29). The van der Waals surface area contributed by atoms with Crippen molar-refractivity contribution in [3.8, 4) is 0 Å². The van der Waals surface area contributed by atoms with Gasteiger partial charge in [0.1, 0.15) is 0 Å². The molecule has 0 saturated heterocycles. The number of ether oxygens (including phenoxy) is 1. The molecule has 0 bridgehead atoms. The highest BCUT2D eigenvalue weighted by molar-refractivity contribution is 6.36. The van der Waals surface area contributed by atoms with Crippen LogP contribution in [0.25, 0.3) is 0 Å². The highest BCUT2D eigenvalue weighted by atomic mass is 35.5. The minimum Gasteiger partial charge on any atom is -0.462 e. The summed E-state index contributed by atoms with van der Waals surface area (Å²) in [5.74, 6) is -1.09. The quantitative estimate of drug-likeness (QED) is 0.461. The summed E-state index contributed by atoms with van der Waals surface area (Å²) in [6.07, 6.45) is 5.50. The van der Waals surface area contributed by atoms with E-state index in [9.17, 15) is 14.4 Å². The number of nitrogens with zero attached hydrogens (tertiary/aromatic N) is 1. The normalized spacial score (nSPS) is 12.9. The first kappa shape index (κ1) is 22.6. The molecule has 160 valence electrons. The molecule has 8 heteroatoms. The van der Waals surface area contributed by atoms with Crippen molar-refractivity contribution in [1.29, 1.82) is 0 Å². The van der Waals surface area contributed by atoms with Gasteiger partial charge in [0, 0.05) is 28.6 Å². The lowest BCUT2D eigenvalue weighted by molar-refractivity contribution is -0.113. The number of hydrogen-bond donors (Lipinski definition) is 1. The summed E-state index contributed by atoms with van der Waals surface area (Å²) < 4.78 is 5.03. The van der Waals surface area contributed by atoms with Gasteiger partial charge in [0.05, 0.1) is 29.4 Å². The summed E-state index contributed by atoms with van der Waals surface area (Å²) in [4.78, 5) is 39.1. The Hall–Kier alpha value is -3.09. The molecule has 2 aromatic carbocycles. The molecule has 1 aliphatic rings. The molecule has 1 amide bonds. The lowest BCUT2D eigenvalue weighted by Crippen LogP contribution is -2.25. The lowest BCUT2D eigenvalue weighted by Gasteiger charge is -2.21. The first-order chi connectivity index (χ1) is 14.9. The minimum absolute atomic E-state index is 0.00798. The highest BCUT2D eigenvalue weighted by Crippen LogP contribution is 2.23. The molecule has 6 nitrogen and oxygen atoms in total. The molecule has 0 fully saturated rings. The van der Waals surface area contributed by atoms with Crippen molar-refractivity contribution in [2.75, 3.05) is 18.5 Å². The fraction of sp³-hybridized carbons (Fsp3) is 0.174. The molecule has 0 aromatic heterocycles. The number of para-hydroxylation sites is 1. The van der Waals surface area contributed by atoms with Gasteiger partial charge in [-0.2, -0.15) is 0 Å². The predicted octanol–water partition coefficient (Wildman–Crippen LogP) is 5.09. The van der Waals surface area contributed by atoms with Crippen LogP contribution in [0.3, 0.4) is 0 Å². The zero-order valence-electron chi connectivity index (χ0n) is 16.7. The Labute approximate surface area is 190 Å². The van der Waals surface area contributed by atoms with E-state index in [0.717, 1.165) is 0 Å². The largest absolute Gasteiger partial charge is 0.462 e. The Morgan fingerprint density at radius 1 is 1.10 bits per heavy atom.